The summed E-state index contributed by atoms with van der Waals surface area (Å²) < 4.78 is 38.7. The van der Waals surface area contributed by atoms with E-state index in [0.717, 1.165) is 17.0 Å². The number of rotatable bonds is 1. The van der Waals surface area contributed by atoms with Crippen LogP contribution in [0, 0.1) is 0 Å². The number of hydrogen-bond donors (Lipinski definition) is 0. The Morgan fingerprint density at radius 2 is 1.78 bits per heavy atom. The van der Waals surface area contributed by atoms with E-state index < -0.39 is 29.5 Å². The largest absolute Gasteiger partial charge is 0.418 e. The van der Waals surface area contributed by atoms with E-state index in [-0.39, 0.29) is 11.3 Å². The molecule has 0 saturated carbocycles. The number of hydrogen-bond acceptors (Lipinski definition) is 2. The number of carbonyl (C=O) groups is 2. The van der Waals surface area contributed by atoms with Crippen molar-refractivity contribution in [3.8, 4) is 0 Å². The standard InChI is InChI=1S/C12H10F3NO2/c1-6(2)16-9-7(10(17)11(16)18)4-3-5-8(9)12(13,14)15/h3-6H,1-2H3. The summed E-state index contributed by atoms with van der Waals surface area (Å²) in [4.78, 5) is 24.2. The van der Waals surface area contributed by atoms with Gasteiger partial charge >= 0.3 is 6.18 Å². The van der Waals surface area contributed by atoms with Crippen LogP contribution in [0.5, 0.6) is 0 Å². The van der Waals surface area contributed by atoms with Crippen molar-refractivity contribution in [1.82, 2.24) is 0 Å². The molecule has 2 rings (SSSR count). The third-order valence-corrected chi connectivity index (χ3v) is 2.76. The first kappa shape index (κ1) is 12.6. The second-order valence-corrected chi connectivity index (χ2v) is 4.30. The SMILES string of the molecule is CC(C)N1C(=O)C(=O)c2cccc(C(F)(F)F)c21. The Morgan fingerprint density at radius 1 is 1.17 bits per heavy atom. The van der Waals surface area contributed by atoms with Gasteiger partial charge in [-0.1, -0.05) is 6.07 Å². The minimum Gasteiger partial charge on any atom is -0.302 e. The maximum Gasteiger partial charge on any atom is 0.418 e. The van der Waals surface area contributed by atoms with Crippen LogP contribution in [0.25, 0.3) is 0 Å². The molecule has 1 aliphatic heterocycles. The summed E-state index contributed by atoms with van der Waals surface area (Å²) in [6.07, 6.45) is -4.59. The molecule has 18 heavy (non-hydrogen) atoms. The van der Waals surface area contributed by atoms with Gasteiger partial charge in [0.05, 0.1) is 16.8 Å². The van der Waals surface area contributed by atoms with Crippen LogP contribution in [0.4, 0.5) is 18.9 Å². The summed E-state index contributed by atoms with van der Waals surface area (Å²) in [6.45, 7) is 3.13. The number of fused-ring (bicyclic) bond motifs is 1. The predicted octanol–water partition coefficient (Wildman–Crippen LogP) is 2.64. The van der Waals surface area contributed by atoms with Gasteiger partial charge in [0, 0.05) is 6.04 Å². The van der Waals surface area contributed by atoms with E-state index in [1.807, 2.05) is 0 Å². The van der Waals surface area contributed by atoms with Crippen molar-refractivity contribution in [1.29, 1.82) is 0 Å². The van der Waals surface area contributed by atoms with Crippen molar-refractivity contribution in [2.45, 2.75) is 26.1 Å². The number of carbonyl (C=O) groups excluding carboxylic acids is 2. The summed E-state index contributed by atoms with van der Waals surface area (Å²) in [5.41, 5.74) is -1.45. The van der Waals surface area contributed by atoms with Crippen LogP contribution in [0.15, 0.2) is 18.2 Å². The predicted molar refractivity (Wildman–Crippen MR) is 58.4 cm³/mol. The lowest BCUT2D eigenvalue weighted by Gasteiger charge is -2.24. The van der Waals surface area contributed by atoms with Crippen molar-refractivity contribution in [2.24, 2.45) is 0 Å². The van der Waals surface area contributed by atoms with Gasteiger partial charge in [-0.05, 0) is 26.0 Å². The van der Waals surface area contributed by atoms with E-state index in [1.54, 1.807) is 13.8 Å². The average molecular weight is 257 g/mol. The number of para-hydroxylation sites is 1. The molecule has 0 aliphatic carbocycles. The van der Waals surface area contributed by atoms with Crippen molar-refractivity contribution in [3.63, 3.8) is 0 Å². The fourth-order valence-electron chi connectivity index (χ4n) is 2.03. The molecule has 0 bridgehead atoms. The summed E-state index contributed by atoms with van der Waals surface area (Å²) in [6, 6.07) is 2.75. The smallest absolute Gasteiger partial charge is 0.302 e. The van der Waals surface area contributed by atoms with Crippen LogP contribution < -0.4 is 4.90 Å². The lowest BCUT2D eigenvalue weighted by atomic mass is 10.1. The average Bonchev–Trinajstić information content (AvgIpc) is 2.50. The Kier molecular flexibility index (Phi) is 2.68. The van der Waals surface area contributed by atoms with E-state index >= 15 is 0 Å². The third-order valence-electron chi connectivity index (χ3n) is 2.76. The Bertz CT molecular complexity index is 535. The number of benzene rings is 1. The second kappa shape index (κ2) is 3.83. The quantitative estimate of drug-likeness (QED) is 0.725. The highest BCUT2D eigenvalue weighted by Gasteiger charge is 2.44. The molecule has 0 unspecified atom stereocenters. The molecule has 1 aliphatic rings. The first-order chi connectivity index (χ1) is 8.25. The minimum absolute atomic E-state index is 0.177. The molecule has 0 N–H and O–H groups in total. The first-order valence-corrected chi connectivity index (χ1v) is 5.33. The first-order valence-electron chi connectivity index (χ1n) is 5.33. The molecule has 0 atom stereocenters. The van der Waals surface area contributed by atoms with Gasteiger partial charge in [-0.3, -0.25) is 9.59 Å². The molecule has 96 valence electrons. The summed E-state index contributed by atoms with van der Waals surface area (Å²) >= 11 is 0. The maximum absolute atomic E-state index is 12.9. The summed E-state index contributed by atoms with van der Waals surface area (Å²) in [5.74, 6) is -1.79. The molecule has 1 amide bonds. The molecule has 0 spiro atoms. The fraction of sp³-hybridized carbons (Fsp3) is 0.333. The van der Waals surface area contributed by atoms with Crippen LogP contribution in [0.3, 0.4) is 0 Å². The molecule has 0 aromatic heterocycles. The van der Waals surface area contributed by atoms with E-state index in [4.69, 9.17) is 0 Å². The number of ketones is 1. The zero-order chi connectivity index (χ0) is 13.7. The summed E-state index contributed by atoms with van der Waals surface area (Å²) in [5, 5.41) is 0. The van der Waals surface area contributed by atoms with Gasteiger partial charge in [-0.2, -0.15) is 13.2 Å². The number of anilines is 1. The van der Waals surface area contributed by atoms with Crippen LogP contribution in [-0.4, -0.2) is 17.7 Å². The van der Waals surface area contributed by atoms with Crippen LogP contribution in [0.1, 0.15) is 29.8 Å². The van der Waals surface area contributed by atoms with Gasteiger partial charge in [0.15, 0.2) is 0 Å². The number of amides is 1. The topological polar surface area (TPSA) is 37.4 Å². The van der Waals surface area contributed by atoms with E-state index in [1.165, 1.54) is 6.07 Å². The highest BCUT2D eigenvalue weighted by atomic mass is 19.4. The lowest BCUT2D eigenvalue weighted by molar-refractivity contribution is -0.137. The van der Waals surface area contributed by atoms with Crippen molar-refractivity contribution >= 4 is 17.4 Å². The Morgan fingerprint density at radius 3 is 2.28 bits per heavy atom. The molecule has 0 fully saturated rings. The van der Waals surface area contributed by atoms with Crippen LogP contribution >= 0.6 is 0 Å². The molecule has 3 nitrogen and oxygen atoms in total. The van der Waals surface area contributed by atoms with E-state index in [9.17, 15) is 22.8 Å². The van der Waals surface area contributed by atoms with Gasteiger partial charge in [-0.15, -0.1) is 0 Å². The maximum atomic E-state index is 12.9. The normalized spacial score (nSPS) is 15.6. The molecule has 6 heteroatoms. The number of halogens is 3. The molecule has 0 radical (unpaired) electrons. The molecule has 1 aromatic rings. The number of nitrogens with zero attached hydrogens (tertiary/aromatic N) is 1. The molecular weight excluding hydrogens is 247 g/mol. The zero-order valence-electron chi connectivity index (χ0n) is 9.71. The molecular formula is C12H10F3NO2. The van der Waals surface area contributed by atoms with Crippen molar-refractivity contribution in [3.05, 3.63) is 29.3 Å². The van der Waals surface area contributed by atoms with Crippen LogP contribution in [-0.2, 0) is 11.0 Å². The highest BCUT2D eigenvalue weighted by molar-refractivity contribution is 6.52. The number of Topliss-reactive ketones (excluding diaryl/α,β-unsaturated/α-hetero) is 1. The van der Waals surface area contributed by atoms with E-state index in [0.29, 0.717) is 0 Å². The zero-order valence-corrected chi connectivity index (χ0v) is 9.71. The van der Waals surface area contributed by atoms with Gasteiger partial charge in [0.2, 0.25) is 0 Å². The third kappa shape index (κ3) is 1.68. The lowest BCUT2D eigenvalue weighted by Crippen LogP contribution is -2.36. The molecule has 1 heterocycles. The highest BCUT2D eigenvalue weighted by Crippen LogP contribution is 2.42. The monoisotopic (exact) mass is 257 g/mol. The van der Waals surface area contributed by atoms with E-state index in [2.05, 4.69) is 0 Å². The van der Waals surface area contributed by atoms with Gasteiger partial charge in [-0.25, -0.2) is 0 Å². The van der Waals surface area contributed by atoms with Gasteiger partial charge in [0.25, 0.3) is 11.7 Å². The van der Waals surface area contributed by atoms with Gasteiger partial charge < -0.3 is 4.90 Å². The van der Waals surface area contributed by atoms with Gasteiger partial charge in [0.1, 0.15) is 0 Å². The fourth-order valence-corrected chi connectivity index (χ4v) is 2.03. The second-order valence-electron chi connectivity index (χ2n) is 4.30. The minimum atomic E-state index is -4.59. The number of alkyl halides is 3. The summed E-state index contributed by atoms with van der Waals surface area (Å²) in [7, 11) is 0. The Balaban J connectivity index is 2.73. The molecule has 1 aromatic carbocycles. The van der Waals surface area contributed by atoms with Crippen molar-refractivity contribution in [2.75, 3.05) is 4.90 Å². The molecule has 0 saturated heterocycles. The Labute approximate surface area is 101 Å². The van der Waals surface area contributed by atoms with Crippen LogP contribution in [0.2, 0.25) is 0 Å². The van der Waals surface area contributed by atoms with Crippen molar-refractivity contribution < 1.29 is 22.8 Å². The Hall–Kier alpha value is -1.85.